The quantitative estimate of drug-likeness (QED) is 0.591. The molecule has 2 fully saturated rings. The Balaban J connectivity index is 2.17. The molecular weight excluding hydrogens is 302 g/mol. The summed E-state index contributed by atoms with van der Waals surface area (Å²) in [6.45, 7) is 4.65. The van der Waals surface area contributed by atoms with Crippen molar-refractivity contribution >= 4 is 23.2 Å². The Bertz CT molecular complexity index is 545. The van der Waals surface area contributed by atoms with Crippen molar-refractivity contribution < 1.29 is 9.90 Å². The summed E-state index contributed by atoms with van der Waals surface area (Å²) < 4.78 is 0. The molecule has 0 aromatic rings. The van der Waals surface area contributed by atoms with Crippen molar-refractivity contribution in [2.45, 2.75) is 71.6 Å². The van der Waals surface area contributed by atoms with Gasteiger partial charge < -0.3 is 5.11 Å². The van der Waals surface area contributed by atoms with Gasteiger partial charge in [-0.15, -0.1) is 0 Å². The topological polar surface area (TPSA) is 85.9 Å². The van der Waals surface area contributed by atoms with Crippen molar-refractivity contribution in [1.82, 2.24) is 0 Å². The van der Waals surface area contributed by atoms with Gasteiger partial charge in [0.05, 0.1) is 5.71 Å². The number of nitrogens with zero attached hydrogens (tertiary/aromatic N) is 2. The lowest BCUT2D eigenvalue weighted by Crippen LogP contribution is -2.31. The molecule has 2 aliphatic carbocycles. The summed E-state index contributed by atoms with van der Waals surface area (Å²) in [5.74, 6) is -0.552. The number of carboxylic acids is 1. The van der Waals surface area contributed by atoms with Crippen LogP contribution in [0.3, 0.4) is 0 Å². The van der Waals surface area contributed by atoms with E-state index in [9.17, 15) is 9.90 Å². The smallest absolute Gasteiger partial charge is 0.356 e. The van der Waals surface area contributed by atoms with E-state index in [1.54, 1.807) is 7.05 Å². The summed E-state index contributed by atoms with van der Waals surface area (Å²) in [6, 6.07) is 0. The predicted molar refractivity (Wildman–Crippen MR) is 98.5 cm³/mol. The van der Waals surface area contributed by atoms with E-state index in [-0.39, 0.29) is 23.4 Å². The third-order valence-electron chi connectivity index (χ3n) is 5.33. The highest BCUT2D eigenvalue weighted by Crippen LogP contribution is 2.34. The lowest BCUT2D eigenvalue weighted by molar-refractivity contribution is -0.129. The SMILES string of the molecule is C/N=C(\C(=N/C(=N)C1CC1)C(=O)O)C1CCCCC(C)(C)CCC1. The Morgan fingerprint density at radius 1 is 1.04 bits per heavy atom. The number of carboxylic acid groups (broad SMARTS) is 1. The highest BCUT2D eigenvalue weighted by molar-refractivity contribution is 6.66. The fourth-order valence-corrected chi connectivity index (χ4v) is 3.63. The van der Waals surface area contributed by atoms with Crippen LogP contribution in [0.4, 0.5) is 0 Å². The highest BCUT2D eigenvalue weighted by atomic mass is 16.4. The van der Waals surface area contributed by atoms with Crippen molar-refractivity contribution in [1.29, 1.82) is 5.41 Å². The van der Waals surface area contributed by atoms with E-state index in [4.69, 9.17) is 5.41 Å². The zero-order chi connectivity index (χ0) is 17.7. The van der Waals surface area contributed by atoms with E-state index in [2.05, 4.69) is 23.8 Å². The van der Waals surface area contributed by atoms with Crippen molar-refractivity contribution in [2.24, 2.45) is 27.2 Å². The second kappa shape index (κ2) is 8.04. The van der Waals surface area contributed by atoms with E-state index in [0.717, 1.165) is 44.9 Å². The van der Waals surface area contributed by atoms with Crippen molar-refractivity contribution in [3.05, 3.63) is 0 Å². The molecule has 0 bridgehead atoms. The van der Waals surface area contributed by atoms with E-state index in [0.29, 0.717) is 11.1 Å². The number of aliphatic imine (C=N–C) groups is 2. The van der Waals surface area contributed by atoms with Crippen LogP contribution >= 0.6 is 0 Å². The number of amidine groups is 1. The molecule has 1 unspecified atom stereocenters. The zero-order valence-electron chi connectivity index (χ0n) is 15.3. The molecule has 5 heteroatoms. The highest BCUT2D eigenvalue weighted by Gasteiger charge is 2.31. The molecule has 2 rings (SSSR count). The van der Waals surface area contributed by atoms with Crippen LogP contribution in [0.15, 0.2) is 9.98 Å². The molecule has 0 spiro atoms. The van der Waals surface area contributed by atoms with Crippen LogP contribution in [-0.2, 0) is 4.79 Å². The molecule has 2 N–H and O–H groups in total. The van der Waals surface area contributed by atoms with Gasteiger partial charge in [0.2, 0.25) is 0 Å². The molecule has 0 saturated heterocycles. The summed E-state index contributed by atoms with van der Waals surface area (Å²) in [4.78, 5) is 20.2. The molecule has 0 heterocycles. The summed E-state index contributed by atoms with van der Waals surface area (Å²) in [7, 11) is 1.66. The van der Waals surface area contributed by atoms with Gasteiger partial charge in [-0.25, -0.2) is 9.79 Å². The maximum atomic E-state index is 11.7. The van der Waals surface area contributed by atoms with Crippen LogP contribution in [-0.4, -0.2) is 35.4 Å². The van der Waals surface area contributed by atoms with E-state index >= 15 is 0 Å². The van der Waals surface area contributed by atoms with Gasteiger partial charge in [0.25, 0.3) is 0 Å². The first kappa shape index (κ1) is 18.8. The Morgan fingerprint density at radius 3 is 2.25 bits per heavy atom. The average Bonchev–Trinajstić information content (AvgIpc) is 3.33. The largest absolute Gasteiger partial charge is 0.476 e. The summed E-state index contributed by atoms with van der Waals surface area (Å²) >= 11 is 0. The summed E-state index contributed by atoms with van der Waals surface area (Å²) in [5, 5.41) is 17.6. The maximum Gasteiger partial charge on any atom is 0.356 e. The fraction of sp³-hybridized carbons (Fsp3) is 0.789. The minimum absolute atomic E-state index is 0.00194. The van der Waals surface area contributed by atoms with Gasteiger partial charge in [-0.05, 0) is 43.9 Å². The Hall–Kier alpha value is -1.52. The average molecular weight is 333 g/mol. The van der Waals surface area contributed by atoms with E-state index in [1.165, 1.54) is 12.8 Å². The lowest BCUT2D eigenvalue weighted by Gasteiger charge is -2.23. The molecule has 2 aliphatic rings. The van der Waals surface area contributed by atoms with Crippen molar-refractivity contribution in [3.8, 4) is 0 Å². The molecule has 0 aromatic carbocycles. The number of rotatable bonds is 4. The van der Waals surface area contributed by atoms with Crippen LogP contribution < -0.4 is 0 Å². The molecule has 0 radical (unpaired) electrons. The van der Waals surface area contributed by atoms with Crippen LogP contribution in [0.25, 0.3) is 0 Å². The number of aliphatic carboxylic acids is 1. The molecule has 0 amide bonds. The van der Waals surface area contributed by atoms with Crippen LogP contribution in [0.1, 0.15) is 71.6 Å². The van der Waals surface area contributed by atoms with Gasteiger partial charge in [-0.1, -0.05) is 33.1 Å². The van der Waals surface area contributed by atoms with Gasteiger partial charge in [0, 0.05) is 18.9 Å². The number of nitrogens with one attached hydrogen (secondary N) is 1. The molecule has 24 heavy (non-hydrogen) atoms. The van der Waals surface area contributed by atoms with Crippen molar-refractivity contribution in [3.63, 3.8) is 0 Å². The van der Waals surface area contributed by atoms with Gasteiger partial charge in [0.1, 0.15) is 5.84 Å². The fourth-order valence-electron chi connectivity index (χ4n) is 3.63. The molecule has 1 atom stereocenters. The molecule has 2 saturated carbocycles. The molecule has 0 aromatic heterocycles. The minimum atomic E-state index is -1.05. The maximum absolute atomic E-state index is 11.7. The standard InChI is InChI=1S/C19H31N3O2/c1-19(2)11-5-4-7-13(8-6-12-19)15(21-3)16(18(23)24)22-17(20)14-9-10-14/h13-14,20H,4-12H2,1-3H3,(H,23,24)/b20-17?,21-15-,22-16+. The summed E-state index contributed by atoms with van der Waals surface area (Å²) in [5.41, 5.74) is 0.960. The molecule has 5 nitrogen and oxygen atoms in total. The first-order chi connectivity index (χ1) is 11.3. The van der Waals surface area contributed by atoms with Gasteiger partial charge >= 0.3 is 5.97 Å². The Labute approximate surface area is 145 Å². The Kier molecular flexibility index (Phi) is 6.30. The van der Waals surface area contributed by atoms with Gasteiger partial charge in [-0.2, -0.15) is 0 Å². The molecular formula is C19H31N3O2. The second-order valence-corrected chi connectivity index (χ2v) is 8.03. The third-order valence-corrected chi connectivity index (χ3v) is 5.33. The Morgan fingerprint density at radius 2 is 1.67 bits per heavy atom. The first-order valence-corrected chi connectivity index (χ1v) is 9.21. The van der Waals surface area contributed by atoms with Crippen LogP contribution in [0, 0.1) is 22.7 Å². The van der Waals surface area contributed by atoms with Crippen molar-refractivity contribution in [2.75, 3.05) is 7.05 Å². The molecule has 134 valence electrons. The monoisotopic (exact) mass is 333 g/mol. The number of carbonyl (C=O) groups is 1. The lowest BCUT2D eigenvalue weighted by atomic mass is 9.82. The third kappa shape index (κ3) is 5.25. The van der Waals surface area contributed by atoms with E-state index in [1.807, 2.05) is 0 Å². The number of hydrogen-bond acceptors (Lipinski definition) is 3. The molecule has 0 aliphatic heterocycles. The van der Waals surface area contributed by atoms with Gasteiger partial charge in [-0.3, -0.25) is 10.4 Å². The normalized spacial score (nSPS) is 26.2. The van der Waals surface area contributed by atoms with Crippen LogP contribution in [0.5, 0.6) is 0 Å². The minimum Gasteiger partial charge on any atom is -0.476 e. The van der Waals surface area contributed by atoms with E-state index < -0.39 is 5.97 Å². The summed E-state index contributed by atoms with van der Waals surface area (Å²) in [6.07, 6.45) is 9.58. The first-order valence-electron chi connectivity index (χ1n) is 9.21. The van der Waals surface area contributed by atoms with Crippen LogP contribution in [0.2, 0.25) is 0 Å². The zero-order valence-corrected chi connectivity index (χ0v) is 15.3. The second-order valence-electron chi connectivity index (χ2n) is 8.03. The number of hydrogen-bond donors (Lipinski definition) is 2. The van der Waals surface area contributed by atoms with Gasteiger partial charge in [0.15, 0.2) is 5.71 Å². The predicted octanol–water partition coefficient (Wildman–Crippen LogP) is 4.36.